The molecular formula is C13H16N4O4. The summed E-state index contributed by atoms with van der Waals surface area (Å²) in [7, 11) is 1.46. The second-order valence-corrected chi connectivity index (χ2v) is 5.36. The number of methoxy groups -OCH3 is 1. The summed E-state index contributed by atoms with van der Waals surface area (Å²) in [5.41, 5.74) is 8.15. The normalized spacial score (nSPS) is 37.6. The third-order valence-corrected chi connectivity index (χ3v) is 4.22. The zero-order chi connectivity index (χ0) is 15.3. The van der Waals surface area contributed by atoms with Crippen molar-refractivity contribution in [3.63, 3.8) is 0 Å². The van der Waals surface area contributed by atoms with Crippen LogP contribution in [0.4, 0.5) is 5.69 Å². The summed E-state index contributed by atoms with van der Waals surface area (Å²) in [4.78, 5) is 8.29. The molecule has 3 rings (SSSR count). The predicted molar refractivity (Wildman–Crippen MR) is 73.1 cm³/mol. The van der Waals surface area contributed by atoms with Crippen LogP contribution in [0.25, 0.3) is 10.4 Å². The third-order valence-electron chi connectivity index (χ3n) is 4.22. The Morgan fingerprint density at radius 2 is 2.19 bits per heavy atom. The molecule has 21 heavy (non-hydrogen) atoms. The summed E-state index contributed by atoms with van der Waals surface area (Å²) in [6, 6.07) is 5.98. The lowest BCUT2D eigenvalue weighted by molar-refractivity contribution is -0.346. The topological polar surface area (TPSA) is 111 Å². The summed E-state index contributed by atoms with van der Waals surface area (Å²) in [5.74, 6) is -2.10. The van der Waals surface area contributed by atoms with Gasteiger partial charge in [0.1, 0.15) is 11.6 Å². The lowest BCUT2D eigenvalue weighted by atomic mass is 9.77. The molecule has 0 aliphatic carbocycles. The molecule has 2 aliphatic rings. The van der Waals surface area contributed by atoms with E-state index < -0.39 is 23.5 Å². The van der Waals surface area contributed by atoms with Gasteiger partial charge in [0.15, 0.2) is 0 Å². The van der Waals surface area contributed by atoms with Crippen LogP contribution in [0.1, 0.15) is 12.5 Å². The second kappa shape index (κ2) is 4.59. The number of fused-ring (bicyclic) bond motifs is 4. The van der Waals surface area contributed by atoms with Gasteiger partial charge in [0.25, 0.3) is 0 Å². The number of ether oxygens (including phenoxy) is 1. The number of hydrogen-bond donors (Lipinski definition) is 2. The molecule has 0 unspecified atom stereocenters. The number of azide groups is 1. The Morgan fingerprint density at radius 1 is 1.48 bits per heavy atom. The van der Waals surface area contributed by atoms with E-state index in [4.69, 9.17) is 15.1 Å². The van der Waals surface area contributed by atoms with Gasteiger partial charge in [0, 0.05) is 17.6 Å². The molecule has 2 N–H and O–H groups in total. The molecule has 1 aromatic rings. The van der Waals surface area contributed by atoms with Crippen LogP contribution in [-0.2, 0) is 15.2 Å². The Kier molecular flexibility index (Phi) is 3.09. The molecule has 2 heterocycles. The van der Waals surface area contributed by atoms with Crippen LogP contribution in [0.3, 0.4) is 0 Å². The largest absolute Gasteiger partial charge is 0.380 e. The van der Waals surface area contributed by atoms with Gasteiger partial charge in [0.05, 0.1) is 18.3 Å². The highest BCUT2D eigenvalue weighted by Crippen LogP contribution is 2.50. The van der Waals surface area contributed by atoms with E-state index in [0.29, 0.717) is 11.3 Å². The lowest BCUT2D eigenvalue weighted by Crippen LogP contribution is -2.72. The Labute approximate surface area is 121 Å². The number of benzene rings is 1. The molecule has 0 saturated carbocycles. The first-order valence-electron chi connectivity index (χ1n) is 6.53. The minimum atomic E-state index is -2.10. The van der Waals surface area contributed by atoms with Gasteiger partial charge in [-0.2, -0.15) is 0 Å². The average Bonchev–Trinajstić information content (AvgIpc) is 2.48. The zero-order valence-electron chi connectivity index (χ0n) is 11.7. The predicted octanol–water partition coefficient (Wildman–Crippen LogP) is 1.04. The maximum Gasteiger partial charge on any atom is 0.235 e. The van der Waals surface area contributed by atoms with Gasteiger partial charge in [-0.3, -0.25) is 0 Å². The second-order valence-electron chi connectivity index (χ2n) is 5.36. The molecule has 0 aromatic heterocycles. The highest BCUT2D eigenvalue weighted by atomic mass is 16.8. The molecule has 2 bridgehead atoms. The van der Waals surface area contributed by atoms with Crippen molar-refractivity contribution in [2.24, 2.45) is 5.11 Å². The van der Waals surface area contributed by atoms with Gasteiger partial charge in [-0.25, -0.2) is 9.90 Å². The Hall–Kier alpha value is -1.83. The van der Waals surface area contributed by atoms with Gasteiger partial charge in [-0.15, -0.1) is 0 Å². The minimum Gasteiger partial charge on any atom is -0.380 e. The fourth-order valence-corrected chi connectivity index (χ4v) is 3.01. The summed E-state index contributed by atoms with van der Waals surface area (Å²) < 4.78 is 5.31. The smallest absolute Gasteiger partial charge is 0.235 e. The van der Waals surface area contributed by atoms with Crippen LogP contribution in [0.5, 0.6) is 0 Å². The molecule has 0 radical (unpaired) electrons. The van der Waals surface area contributed by atoms with Gasteiger partial charge in [0.2, 0.25) is 5.79 Å². The van der Waals surface area contributed by atoms with Crippen LogP contribution in [0.15, 0.2) is 29.4 Å². The van der Waals surface area contributed by atoms with Crippen molar-refractivity contribution in [1.82, 2.24) is 0 Å². The SMILES string of the molecule is CO[C@@H]1CN2O[C@](O)([C@H]1N=[N+]=[N-])[C@@](C)(O)c1ccccc12. The fraction of sp³-hybridized carbons (Fsp3) is 0.538. The summed E-state index contributed by atoms with van der Waals surface area (Å²) in [6.45, 7) is 1.71. The molecule has 1 saturated heterocycles. The molecular weight excluding hydrogens is 276 g/mol. The first kappa shape index (κ1) is 14.1. The molecule has 0 amide bonds. The molecule has 1 aromatic carbocycles. The van der Waals surface area contributed by atoms with Crippen LogP contribution in [-0.4, -0.2) is 41.8 Å². The van der Waals surface area contributed by atoms with Crippen LogP contribution in [0, 0.1) is 0 Å². The van der Waals surface area contributed by atoms with Gasteiger partial charge >= 0.3 is 0 Å². The molecule has 8 heteroatoms. The van der Waals surface area contributed by atoms with Crippen LogP contribution in [0.2, 0.25) is 0 Å². The highest BCUT2D eigenvalue weighted by molar-refractivity contribution is 5.58. The number of anilines is 1. The Balaban J connectivity index is 2.21. The van der Waals surface area contributed by atoms with Crippen molar-refractivity contribution in [3.05, 3.63) is 40.3 Å². The Bertz CT molecular complexity index is 616. The number of para-hydroxylation sites is 1. The van der Waals surface area contributed by atoms with E-state index in [1.165, 1.54) is 19.1 Å². The number of hydroxylamine groups is 1. The van der Waals surface area contributed by atoms with Crippen molar-refractivity contribution < 1.29 is 19.8 Å². The first-order valence-corrected chi connectivity index (χ1v) is 6.53. The van der Waals surface area contributed by atoms with E-state index in [2.05, 4.69) is 10.0 Å². The maximum absolute atomic E-state index is 10.9. The molecule has 1 fully saturated rings. The average molecular weight is 292 g/mol. The summed E-state index contributed by atoms with van der Waals surface area (Å²) >= 11 is 0. The van der Waals surface area contributed by atoms with Crippen molar-refractivity contribution in [2.45, 2.75) is 30.5 Å². The van der Waals surface area contributed by atoms with Crippen molar-refractivity contribution in [2.75, 3.05) is 18.7 Å². The monoisotopic (exact) mass is 292 g/mol. The minimum absolute atomic E-state index is 0.273. The number of nitrogens with zero attached hydrogens (tertiary/aromatic N) is 4. The number of rotatable bonds is 2. The Morgan fingerprint density at radius 3 is 2.86 bits per heavy atom. The van der Waals surface area contributed by atoms with E-state index in [1.54, 1.807) is 18.2 Å². The first-order chi connectivity index (χ1) is 9.95. The fourth-order valence-electron chi connectivity index (χ4n) is 3.01. The number of aliphatic hydroxyl groups is 2. The van der Waals surface area contributed by atoms with E-state index in [0.717, 1.165) is 0 Å². The van der Waals surface area contributed by atoms with Crippen LogP contribution < -0.4 is 5.06 Å². The molecule has 4 atom stereocenters. The lowest BCUT2D eigenvalue weighted by Gasteiger charge is -2.56. The maximum atomic E-state index is 10.9. The van der Waals surface area contributed by atoms with E-state index in [9.17, 15) is 10.2 Å². The van der Waals surface area contributed by atoms with Gasteiger partial charge < -0.3 is 14.9 Å². The molecule has 0 spiro atoms. The van der Waals surface area contributed by atoms with E-state index in [-0.39, 0.29) is 6.54 Å². The number of hydrogen-bond acceptors (Lipinski definition) is 6. The van der Waals surface area contributed by atoms with Gasteiger partial charge in [-0.1, -0.05) is 23.3 Å². The van der Waals surface area contributed by atoms with Crippen LogP contribution >= 0.6 is 0 Å². The summed E-state index contributed by atoms with van der Waals surface area (Å²) in [6.07, 6.45) is -0.612. The van der Waals surface area contributed by atoms with E-state index >= 15 is 0 Å². The van der Waals surface area contributed by atoms with Crippen molar-refractivity contribution >= 4 is 5.69 Å². The summed E-state index contributed by atoms with van der Waals surface area (Å²) in [5, 5.41) is 26.8. The van der Waals surface area contributed by atoms with Crippen molar-refractivity contribution in [3.8, 4) is 0 Å². The molecule has 2 aliphatic heterocycles. The van der Waals surface area contributed by atoms with Gasteiger partial charge in [-0.05, 0) is 18.5 Å². The quantitative estimate of drug-likeness (QED) is 0.480. The van der Waals surface area contributed by atoms with Crippen molar-refractivity contribution in [1.29, 1.82) is 0 Å². The molecule has 8 nitrogen and oxygen atoms in total. The standard InChI is InChI=1S/C13H16N4O4/c1-12(18)8-5-3-4-6-9(8)17-7-10(20-2)11(15-16-14)13(12,19)21-17/h3-6,10-11,18-19H,7H2,1-2H3/t10-,11+,12+,13-/m1/s1. The zero-order valence-corrected chi connectivity index (χ0v) is 11.7. The molecule has 112 valence electrons. The highest BCUT2D eigenvalue weighted by Gasteiger charge is 2.64. The third kappa shape index (κ3) is 1.75. The van der Waals surface area contributed by atoms with E-state index in [1.807, 2.05) is 6.07 Å².